The molecule has 4 rings (SSSR count). The van der Waals surface area contributed by atoms with Gasteiger partial charge in [-0.15, -0.1) is 0 Å². The number of hydrogen-bond donors (Lipinski definition) is 1. The zero-order valence-corrected chi connectivity index (χ0v) is 15.3. The van der Waals surface area contributed by atoms with Gasteiger partial charge in [0, 0.05) is 11.6 Å². The van der Waals surface area contributed by atoms with Crippen molar-refractivity contribution in [2.75, 3.05) is 0 Å². The number of hydrogen-bond acceptors (Lipinski definition) is 3. The molecule has 0 fully saturated rings. The van der Waals surface area contributed by atoms with Gasteiger partial charge in [0.15, 0.2) is 5.76 Å². The Kier molecular flexibility index (Phi) is 5.29. The Hall–Kier alpha value is -3.66. The van der Waals surface area contributed by atoms with Gasteiger partial charge in [-0.25, -0.2) is 0 Å². The van der Waals surface area contributed by atoms with Crippen molar-refractivity contribution in [3.05, 3.63) is 102 Å². The molecule has 0 aliphatic heterocycles. The van der Waals surface area contributed by atoms with E-state index < -0.39 is 0 Å². The second-order valence-electron chi connectivity index (χ2n) is 6.56. The molecule has 0 unspecified atom stereocenters. The van der Waals surface area contributed by atoms with Crippen molar-refractivity contribution in [1.82, 2.24) is 10.5 Å². The van der Waals surface area contributed by atoms with Crippen molar-refractivity contribution in [3.8, 4) is 22.5 Å². The molecule has 0 radical (unpaired) electrons. The van der Waals surface area contributed by atoms with Crippen molar-refractivity contribution >= 4 is 5.91 Å². The summed E-state index contributed by atoms with van der Waals surface area (Å²) in [6.45, 7) is 0.345. The molecule has 138 valence electrons. The van der Waals surface area contributed by atoms with Gasteiger partial charge in [0.25, 0.3) is 0 Å². The van der Waals surface area contributed by atoms with Crippen LogP contribution in [0.15, 0.2) is 95.5 Å². The number of nitrogens with one attached hydrogen (secondary N) is 1. The molecule has 4 aromatic rings. The van der Waals surface area contributed by atoms with Crippen LogP contribution in [-0.2, 0) is 17.8 Å². The highest BCUT2D eigenvalue weighted by Gasteiger charge is 2.09. The third-order valence-corrected chi connectivity index (χ3v) is 4.51. The number of carbonyl (C=O) groups is 1. The maximum Gasteiger partial charge on any atom is 0.224 e. The van der Waals surface area contributed by atoms with Crippen LogP contribution in [0.2, 0.25) is 0 Å². The van der Waals surface area contributed by atoms with Crippen LogP contribution in [0.3, 0.4) is 0 Å². The molecule has 0 aliphatic carbocycles. The van der Waals surface area contributed by atoms with E-state index in [2.05, 4.69) is 34.7 Å². The molecule has 4 heteroatoms. The maximum atomic E-state index is 12.1. The number of nitrogens with zero attached hydrogens (tertiary/aromatic N) is 1. The Balaban J connectivity index is 1.37. The standard InChI is InChI=1S/C24H20N2O2/c27-24(15-18-7-3-1-4-8-18)25-17-22-16-23(28-26-22)21-13-11-20(12-14-21)19-9-5-2-6-10-19/h1-14,16H,15,17H2,(H,25,27). The zero-order valence-electron chi connectivity index (χ0n) is 15.3. The molecule has 1 heterocycles. The van der Waals surface area contributed by atoms with E-state index in [-0.39, 0.29) is 5.91 Å². The number of rotatable bonds is 6. The summed E-state index contributed by atoms with van der Waals surface area (Å²) in [5.74, 6) is 0.648. The molecule has 1 N–H and O–H groups in total. The maximum absolute atomic E-state index is 12.1. The van der Waals surface area contributed by atoms with E-state index >= 15 is 0 Å². The summed E-state index contributed by atoms with van der Waals surface area (Å²) in [6, 6.07) is 29.9. The number of amides is 1. The SMILES string of the molecule is O=C(Cc1ccccc1)NCc1cc(-c2ccc(-c3ccccc3)cc2)on1. The average molecular weight is 368 g/mol. The summed E-state index contributed by atoms with van der Waals surface area (Å²) >= 11 is 0. The molecule has 1 aromatic heterocycles. The van der Waals surface area contributed by atoms with Crippen LogP contribution in [0.4, 0.5) is 0 Å². The Morgan fingerprint density at radius 1 is 0.786 bits per heavy atom. The minimum Gasteiger partial charge on any atom is -0.356 e. The lowest BCUT2D eigenvalue weighted by Gasteiger charge is -2.03. The first kappa shape index (κ1) is 17.7. The van der Waals surface area contributed by atoms with Crippen LogP contribution in [0.25, 0.3) is 22.5 Å². The monoisotopic (exact) mass is 368 g/mol. The average Bonchev–Trinajstić information content (AvgIpc) is 3.23. The van der Waals surface area contributed by atoms with Crippen LogP contribution < -0.4 is 5.32 Å². The molecule has 0 spiro atoms. The Morgan fingerprint density at radius 3 is 2.11 bits per heavy atom. The predicted octanol–water partition coefficient (Wildman–Crippen LogP) is 4.87. The molecule has 0 aliphatic rings. The number of carbonyl (C=O) groups excluding carboxylic acids is 1. The lowest BCUT2D eigenvalue weighted by Crippen LogP contribution is -2.24. The quantitative estimate of drug-likeness (QED) is 0.528. The summed E-state index contributed by atoms with van der Waals surface area (Å²) in [5, 5.41) is 6.94. The highest BCUT2D eigenvalue weighted by molar-refractivity contribution is 5.78. The van der Waals surface area contributed by atoms with E-state index in [1.165, 1.54) is 5.56 Å². The zero-order chi connectivity index (χ0) is 19.2. The number of benzene rings is 3. The van der Waals surface area contributed by atoms with Gasteiger partial charge in [-0.3, -0.25) is 4.79 Å². The summed E-state index contributed by atoms with van der Waals surface area (Å²) < 4.78 is 5.45. The Labute approximate surface area is 163 Å². The van der Waals surface area contributed by atoms with Crippen molar-refractivity contribution in [2.24, 2.45) is 0 Å². The van der Waals surface area contributed by atoms with E-state index in [1.54, 1.807) is 0 Å². The van der Waals surface area contributed by atoms with E-state index in [9.17, 15) is 4.79 Å². The highest BCUT2D eigenvalue weighted by atomic mass is 16.5. The van der Waals surface area contributed by atoms with Gasteiger partial charge in [-0.05, 0) is 16.7 Å². The third kappa shape index (κ3) is 4.35. The number of aromatic nitrogens is 1. The molecule has 0 bridgehead atoms. The first-order chi connectivity index (χ1) is 13.8. The van der Waals surface area contributed by atoms with E-state index in [0.717, 1.165) is 16.7 Å². The van der Waals surface area contributed by atoms with Crippen molar-refractivity contribution in [3.63, 3.8) is 0 Å². The topological polar surface area (TPSA) is 55.1 Å². The van der Waals surface area contributed by atoms with E-state index in [4.69, 9.17) is 4.52 Å². The molecule has 28 heavy (non-hydrogen) atoms. The molecule has 1 amide bonds. The van der Waals surface area contributed by atoms with Gasteiger partial charge in [0.1, 0.15) is 5.69 Å². The molecular formula is C24H20N2O2. The lowest BCUT2D eigenvalue weighted by molar-refractivity contribution is -0.120. The largest absolute Gasteiger partial charge is 0.356 e. The highest BCUT2D eigenvalue weighted by Crippen LogP contribution is 2.25. The summed E-state index contributed by atoms with van der Waals surface area (Å²) in [6.07, 6.45) is 0.354. The predicted molar refractivity (Wildman–Crippen MR) is 109 cm³/mol. The second-order valence-corrected chi connectivity index (χ2v) is 6.56. The fourth-order valence-corrected chi connectivity index (χ4v) is 3.02. The van der Waals surface area contributed by atoms with Gasteiger partial charge >= 0.3 is 0 Å². The van der Waals surface area contributed by atoms with Gasteiger partial charge in [0.05, 0.1) is 13.0 Å². The molecule has 3 aromatic carbocycles. The van der Waals surface area contributed by atoms with Crippen molar-refractivity contribution in [2.45, 2.75) is 13.0 Å². The van der Waals surface area contributed by atoms with Crippen molar-refractivity contribution in [1.29, 1.82) is 0 Å². The first-order valence-corrected chi connectivity index (χ1v) is 9.20. The van der Waals surface area contributed by atoms with Gasteiger partial charge in [-0.2, -0.15) is 0 Å². The summed E-state index contributed by atoms with van der Waals surface area (Å²) in [7, 11) is 0. The Bertz CT molecular complexity index is 1040. The Morgan fingerprint density at radius 2 is 1.39 bits per heavy atom. The molecule has 4 nitrogen and oxygen atoms in total. The fourth-order valence-electron chi connectivity index (χ4n) is 3.02. The van der Waals surface area contributed by atoms with E-state index in [1.807, 2.05) is 66.7 Å². The normalized spacial score (nSPS) is 10.6. The molecular weight excluding hydrogens is 348 g/mol. The third-order valence-electron chi connectivity index (χ3n) is 4.51. The van der Waals surface area contributed by atoms with Crippen LogP contribution in [0, 0.1) is 0 Å². The molecule has 0 atom stereocenters. The van der Waals surface area contributed by atoms with Gasteiger partial charge in [-0.1, -0.05) is 90.1 Å². The summed E-state index contributed by atoms with van der Waals surface area (Å²) in [5.41, 5.74) is 4.96. The minimum atomic E-state index is -0.0389. The van der Waals surface area contributed by atoms with Crippen LogP contribution >= 0.6 is 0 Å². The second kappa shape index (κ2) is 8.35. The van der Waals surface area contributed by atoms with Gasteiger partial charge < -0.3 is 9.84 Å². The van der Waals surface area contributed by atoms with Crippen LogP contribution in [0.5, 0.6) is 0 Å². The van der Waals surface area contributed by atoms with Gasteiger partial charge in [0.2, 0.25) is 5.91 Å². The van der Waals surface area contributed by atoms with E-state index in [0.29, 0.717) is 24.4 Å². The molecule has 0 saturated carbocycles. The minimum absolute atomic E-state index is 0.0389. The smallest absolute Gasteiger partial charge is 0.224 e. The fraction of sp³-hybridized carbons (Fsp3) is 0.0833. The van der Waals surface area contributed by atoms with Crippen LogP contribution in [-0.4, -0.2) is 11.1 Å². The molecule has 0 saturated heterocycles. The summed E-state index contributed by atoms with van der Waals surface area (Å²) in [4.78, 5) is 12.1. The van der Waals surface area contributed by atoms with Crippen LogP contribution in [0.1, 0.15) is 11.3 Å². The first-order valence-electron chi connectivity index (χ1n) is 9.20. The van der Waals surface area contributed by atoms with Crippen molar-refractivity contribution < 1.29 is 9.32 Å². The lowest BCUT2D eigenvalue weighted by atomic mass is 10.0.